The lowest BCUT2D eigenvalue weighted by Crippen LogP contribution is -3.12. The quantitative estimate of drug-likeness (QED) is 0.834. The van der Waals surface area contributed by atoms with E-state index in [1.165, 1.54) is 4.90 Å². The molecule has 2 heterocycles. The normalized spacial score (nSPS) is 15.5. The predicted octanol–water partition coefficient (Wildman–Crippen LogP) is 1.32. The van der Waals surface area contributed by atoms with Crippen LogP contribution in [0.15, 0.2) is 42.6 Å². The molecule has 1 aromatic heterocycles. The highest BCUT2D eigenvalue weighted by molar-refractivity contribution is 6.33. The molecule has 0 saturated carbocycles. The molecule has 1 aromatic carbocycles. The van der Waals surface area contributed by atoms with E-state index in [0.29, 0.717) is 5.56 Å². The van der Waals surface area contributed by atoms with Crippen molar-refractivity contribution in [3.8, 4) is 0 Å². The van der Waals surface area contributed by atoms with Crippen molar-refractivity contribution >= 4 is 28.9 Å². The Hall–Kier alpha value is -2.11. The highest BCUT2D eigenvalue weighted by atomic mass is 35.5. The van der Waals surface area contributed by atoms with Gasteiger partial charge < -0.3 is 15.1 Å². The van der Waals surface area contributed by atoms with Crippen molar-refractivity contribution in [3.05, 3.63) is 53.3 Å². The van der Waals surface area contributed by atoms with Crippen LogP contribution >= 0.6 is 11.6 Å². The Labute approximate surface area is 140 Å². The first-order chi connectivity index (χ1) is 11.1. The van der Waals surface area contributed by atoms with Crippen molar-refractivity contribution in [2.75, 3.05) is 43.4 Å². The smallest absolute Gasteiger partial charge is 0.258 e. The number of nitrogens with zero attached hydrogens (tertiary/aromatic N) is 2. The van der Waals surface area contributed by atoms with Crippen LogP contribution in [0.3, 0.4) is 0 Å². The van der Waals surface area contributed by atoms with E-state index in [1.807, 2.05) is 24.3 Å². The fourth-order valence-corrected chi connectivity index (χ4v) is 2.93. The number of para-hydroxylation sites is 2. The number of quaternary nitrogens is 1. The van der Waals surface area contributed by atoms with Crippen molar-refractivity contribution < 1.29 is 9.69 Å². The average Bonchev–Trinajstić information content (AvgIpc) is 2.56. The topological polar surface area (TPSA) is 49.7 Å². The fourth-order valence-electron chi connectivity index (χ4n) is 2.73. The molecule has 1 amide bonds. The van der Waals surface area contributed by atoms with Crippen LogP contribution in [-0.2, 0) is 0 Å². The van der Waals surface area contributed by atoms with Crippen molar-refractivity contribution in [2.24, 2.45) is 0 Å². The number of halogens is 1. The molecule has 0 unspecified atom stereocenters. The summed E-state index contributed by atoms with van der Waals surface area (Å²) in [6.45, 7) is 4.14. The molecule has 0 spiro atoms. The van der Waals surface area contributed by atoms with Crippen LogP contribution in [0.25, 0.3) is 0 Å². The lowest BCUT2D eigenvalue weighted by molar-refractivity contribution is -0.880. The lowest BCUT2D eigenvalue weighted by atomic mass is 10.2. The third kappa shape index (κ3) is 3.63. The largest absolute Gasteiger partial charge is 0.359 e. The third-order valence-electron chi connectivity index (χ3n) is 4.11. The molecule has 3 rings (SSSR count). The summed E-state index contributed by atoms with van der Waals surface area (Å²) in [6, 6.07) is 11.3. The van der Waals surface area contributed by atoms with Gasteiger partial charge in [-0.1, -0.05) is 23.7 Å². The molecule has 1 fully saturated rings. The average molecular weight is 332 g/mol. The predicted molar refractivity (Wildman–Crippen MR) is 92.5 cm³/mol. The summed E-state index contributed by atoms with van der Waals surface area (Å²) < 4.78 is 0. The summed E-state index contributed by atoms with van der Waals surface area (Å²) in [5.41, 5.74) is 2.23. The van der Waals surface area contributed by atoms with E-state index in [4.69, 9.17) is 11.6 Å². The van der Waals surface area contributed by atoms with E-state index in [1.54, 1.807) is 18.3 Å². The van der Waals surface area contributed by atoms with Crippen LogP contribution in [0.1, 0.15) is 10.4 Å². The number of hydrogen-bond donors (Lipinski definition) is 2. The number of nitrogens with one attached hydrogen (secondary N) is 2. The molecule has 1 aliphatic heterocycles. The molecule has 2 N–H and O–H groups in total. The molecule has 0 atom stereocenters. The second-order valence-electron chi connectivity index (χ2n) is 5.76. The monoisotopic (exact) mass is 331 g/mol. The van der Waals surface area contributed by atoms with Gasteiger partial charge in [-0.05, 0) is 24.3 Å². The second kappa shape index (κ2) is 6.98. The minimum atomic E-state index is -0.240. The zero-order chi connectivity index (χ0) is 16.2. The first-order valence-corrected chi connectivity index (χ1v) is 8.10. The zero-order valence-electron chi connectivity index (χ0n) is 13.1. The Kier molecular flexibility index (Phi) is 4.79. The van der Waals surface area contributed by atoms with Gasteiger partial charge in [0.15, 0.2) is 0 Å². The Balaban J connectivity index is 1.81. The number of piperazine rings is 1. The number of amides is 1. The molecular weight excluding hydrogens is 312 g/mol. The highest BCUT2D eigenvalue weighted by Crippen LogP contribution is 2.26. The van der Waals surface area contributed by atoms with E-state index < -0.39 is 0 Å². The van der Waals surface area contributed by atoms with Gasteiger partial charge in [0.1, 0.15) is 5.15 Å². The summed E-state index contributed by atoms with van der Waals surface area (Å²) in [4.78, 5) is 20.3. The number of pyridine rings is 1. The van der Waals surface area contributed by atoms with Crippen LogP contribution < -0.4 is 15.1 Å². The van der Waals surface area contributed by atoms with E-state index in [0.717, 1.165) is 37.6 Å². The second-order valence-corrected chi connectivity index (χ2v) is 6.12. The maximum Gasteiger partial charge on any atom is 0.258 e. The number of likely N-dealkylation sites (N-methyl/N-ethyl adjacent to an activating group) is 1. The first kappa shape index (κ1) is 15.8. The van der Waals surface area contributed by atoms with Crippen molar-refractivity contribution in [1.82, 2.24) is 4.98 Å². The van der Waals surface area contributed by atoms with E-state index in [2.05, 4.69) is 22.2 Å². The lowest BCUT2D eigenvalue weighted by Gasteiger charge is -2.33. The molecule has 0 aliphatic carbocycles. The number of hydrogen-bond acceptors (Lipinski definition) is 3. The van der Waals surface area contributed by atoms with Gasteiger partial charge in [-0.25, -0.2) is 4.98 Å². The van der Waals surface area contributed by atoms with Crippen LogP contribution in [0.2, 0.25) is 5.15 Å². The highest BCUT2D eigenvalue weighted by Gasteiger charge is 2.20. The molecule has 5 nitrogen and oxygen atoms in total. The molecule has 120 valence electrons. The molecule has 0 radical (unpaired) electrons. The number of benzene rings is 1. The zero-order valence-corrected chi connectivity index (χ0v) is 13.8. The molecule has 0 bridgehead atoms. The molecule has 23 heavy (non-hydrogen) atoms. The Morgan fingerprint density at radius 2 is 1.96 bits per heavy atom. The molecule has 2 aromatic rings. The number of rotatable bonds is 3. The van der Waals surface area contributed by atoms with Crippen molar-refractivity contribution in [1.29, 1.82) is 0 Å². The maximum absolute atomic E-state index is 12.5. The summed E-state index contributed by atoms with van der Waals surface area (Å²) in [5, 5.41) is 3.18. The fraction of sp³-hybridized carbons (Fsp3) is 0.294. The van der Waals surface area contributed by atoms with Gasteiger partial charge in [0.2, 0.25) is 0 Å². The number of anilines is 2. The van der Waals surface area contributed by atoms with Crippen LogP contribution in [0.5, 0.6) is 0 Å². The molecular formula is C17H20ClN4O+. The standard InChI is InChI=1S/C17H19ClN4O/c1-21-9-11-22(12-10-21)15-7-3-2-6-14(15)20-17(23)13-5-4-8-19-16(13)18/h2-8H,9-12H2,1H3,(H,20,23)/p+1. The van der Waals surface area contributed by atoms with Crippen LogP contribution in [-0.4, -0.2) is 44.1 Å². The van der Waals surface area contributed by atoms with Gasteiger partial charge in [-0.15, -0.1) is 0 Å². The van der Waals surface area contributed by atoms with Gasteiger partial charge in [-0.3, -0.25) is 4.79 Å². The molecule has 1 saturated heterocycles. The molecule has 6 heteroatoms. The van der Waals surface area contributed by atoms with E-state index >= 15 is 0 Å². The Morgan fingerprint density at radius 1 is 1.22 bits per heavy atom. The minimum Gasteiger partial charge on any atom is -0.359 e. The Bertz CT molecular complexity index is 698. The van der Waals surface area contributed by atoms with E-state index in [-0.39, 0.29) is 11.1 Å². The summed E-state index contributed by atoms with van der Waals surface area (Å²) in [6.07, 6.45) is 1.57. The van der Waals surface area contributed by atoms with Gasteiger partial charge in [0.25, 0.3) is 5.91 Å². The number of carbonyl (C=O) groups excluding carboxylic acids is 1. The number of carbonyl (C=O) groups is 1. The minimum absolute atomic E-state index is 0.214. The van der Waals surface area contributed by atoms with Gasteiger partial charge >= 0.3 is 0 Å². The van der Waals surface area contributed by atoms with Gasteiger partial charge in [0, 0.05) is 6.20 Å². The van der Waals surface area contributed by atoms with Crippen LogP contribution in [0, 0.1) is 0 Å². The third-order valence-corrected chi connectivity index (χ3v) is 4.41. The Morgan fingerprint density at radius 3 is 2.70 bits per heavy atom. The number of aromatic nitrogens is 1. The van der Waals surface area contributed by atoms with Crippen molar-refractivity contribution in [2.45, 2.75) is 0 Å². The van der Waals surface area contributed by atoms with E-state index in [9.17, 15) is 4.79 Å². The maximum atomic E-state index is 12.5. The van der Waals surface area contributed by atoms with Gasteiger partial charge in [-0.2, -0.15) is 0 Å². The summed E-state index contributed by atoms with van der Waals surface area (Å²) >= 11 is 6.00. The van der Waals surface area contributed by atoms with Gasteiger partial charge in [0.05, 0.1) is 50.2 Å². The molecule has 1 aliphatic rings. The first-order valence-electron chi connectivity index (χ1n) is 7.72. The van der Waals surface area contributed by atoms with Crippen LogP contribution in [0.4, 0.5) is 11.4 Å². The summed E-state index contributed by atoms with van der Waals surface area (Å²) in [7, 11) is 2.20. The summed E-state index contributed by atoms with van der Waals surface area (Å²) in [5.74, 6) is -0.240. The van der Waals surface area contributed by atoms with Crippen molar-refractivity contribution in [3.63, 3.8) is 0 Å². The SMILES string of the molecule is C[NH+]1CCN(c2ccccc2NC(=O)c2cccnc2Cl)CC1.